The molecule has 0 fully saturated rings. The Labute approximate surface area is 219 Å². The molecule has 4 aromatic carbocycles. The Kier molecular flexibility index (Phi) is 14.5. The number of benzene rings is 4. The molecule has 0 bridgehead atoms. The van der Waals surface area contributed by atoms with Crippen LogP contribution in [-0.2, 0) is 0 Å². The topological polar surface area (TPSA) is 48.1 Å². The van der Waals surface area contributed by atoms with Gasteiger partial charge in [0.25, 0.3) is 0 Å². The smallest absolute Gasteiger partial charge is 1.00 e. The van der Waals surface area contributed by atoms with Gasteiger partial charge in [-0.2, -0.15) is 0 Å². The number of anilines is 4. The van der Waals surface area contributed by atoms with Gasteiger partial charge in [-0.3, -0.25) is 0 Å². The molecule has 4 nitrogen and oxygen atoms in total. The number of para-hydroxylation sites is 4. The first-order valence-corrected chi connectivity index (χ1v) is 10.1. The van der Waals surface area contributed by atoms with E-state index in [0.29, 0.717) is 0 Å². The standard InChI is InChI=1S/2C13H14N2.ClH.Na/c2*1-3-7-12(8-4-1)14-11-15-13-9-5-2-6-10-13;;/h2*1-10,14-15H,11H2;1H;/q;;;+1/p-1. The van der Waals surface area contributed by atoms with Crippen LogP contribution >= 0.6 is 0 Å². The third-order valence-corrected chi connectivity index (χ3v) is 4.27. The molecule has 0 atom stereocenters. The summed E-state index contributed by atoms with van der Waals surface area (Å²) < 4.78 is 0. The van der Waals surface area contributed by atoms with E-state index in [1.165, 1.54) is 0 Å². The molecule has 0 saturated carbocycles. The largest absolute Gasteiger partial charge is 1.00 e. The molecule has 0 amide bonds. The van der Waals surface area contributed by atoms with Gasteiger partial charge in [0.1, 0.15) is 0 Å². The maximum Gasteiger partial charge on any atom is 1.00 e. The second-order valence-electron chi connectivity index (χ2n) is 6.52. The van der Waals surface area contributed by atoms with Crippen molar-refractivity contribution in [3.63, 3.8) is 0 Å². The fourth-order valence-electron chi connectivity index (χ4n) is 2.72. The predicted octanol–water partition coefficient (Wildman–Crippen LogP) is 0.344. The van der Waals surface area contributed by atoms with Crippen LogP contribution in [0.3, 0.4) is 0 Å². The summed E-state index contributed by atoms with van der Waals surface area (Å²) in [5.74, 6) is 0. The Morgan fingerprint density at radius 3 is 0.719 bits per heavy atom. The SMILES string of the molecule is [Cl-].[Na+].c1ccc(NCNc2ccccc2)cc1.c1ccc(NCNc2ccccc2)cc1. The summed E-state index contributed by atoms with van der Waals surface area (Å²) in [6, 6.07) is 40.6. The van der Waals surface area contributed by atoms with Crippen molar-refractivity contribution >= 4 is 22.7 Å². The summed E-state index contributed by atoms with van der Waals surface area (Å²) in [6.07, 6.45) is 0. The van der Waals surface area contributed by atoms with Crippen LogP contribution in [0, 0.1) is 0 Å². The van der Waals surface area contributed by atoms with Crippen LogP contribution in [0.2, 0.25) is 0 Å². The van der Waals surface area contributed by atoms with Crippen LogP contribution in [0.25, 0.3) is 0 Å². The maximum absolute atomic E-state index is 3.28. The van der Waals surface area contributed by atoms with Crippen molar-refractivity contribution in [1.29, 1.82) is 0 Å². The normalized spacial score (nSPS) is 9.00. The Bertz CT molecular complexity index is 782. The second kappa shape index (κ2) is 17.0. The summed E-state index contributed by atoms with van der Waals surface area (Å²) in [6.45, 7) is 1.46. The quantitative estimate of drug-likeness (QED) is 0.229. The van der Waals surface area contributed by atoms with Crippen LogP contribution in [-0.4, -0.2) is 13.3 Å². The molecule has 160 valence electrons. The van der Waals surface area contributed by atoms with E-state index in [4.69, 9.17) is 0 Å². The van der Waals surface area contributed by atoms with Crippen molar-refractivity contribution in [2.75, 3.05) is 34.6 Å². The van der Waals surface area contributed by atoms with E-state index in [2.05, 4.69) is 21.3 Å². The number of hydrogen-bond acceptors (Lipinski definition) is 4. The average molecular weight is 455 g/mol. The predicted molar refractivity (Wildman–Crippen MR) is 130 cm³/mol. The molecule has 4 aromatic rings. The van der Waals surface area contributed by atoms with Crippen molar-refractivity contribution in [3.05, 3.63) is 121 Å². The first-order chi connectivity index (χ1) is 14.9. The fourth-order valence-corrected chi connectivity index (χ4v) is 2.72. The molecular formula is C26H28ClN4Na. The van der Waals surface area contributed by atoms with Crippen molar-refractivity contribution in [2.24, 2.45) is 0 Å². The first kappa shape index (κ1) is 27.4. The van der Waals surface area contributed by atoms with E-state index < -0.39 is 0 Å². The minimum Gasteiger partial charge on any atom is -1.00 e. The van der Waals surface area contributed by atoms with Gasteiger partial charge in [0, 0.05) is 22.7 Å². The van der Waals surface area contributed by atoms with Gasteiger partial charge < -0.3 is 33.7 Å². The monoisotopic (exact) mass is 454 g/mol. The van der Waals surface area contributed by atoms with Crippen LogP contribution < -0.4 is 63.2 Å². The number of halogens is 1. The fraction of sp³-hybridized carbons (Fsp3) is 0.0769. The van der Waals surface area contributed by atoms with Gasteiger partial charge in [-0.25, -0.2) is 0 Å². The Balaban J connectivity index is 0.000000301. The Morgan fingerprint density at radius 1 is 0.344 bits per heavy atom. The summed E-state index contributed by atoms with van der Waals surface area (Å²) >= 11 is 0. The molecule has 0 heterocycles. The molecule has 6 heteroatoms. The summed E-state index contributed by atoms with van der Waals surface area (Å²) in [5, 5.41) is 13.1. The summed E-state index contributed by atoms with van der Waals surface area (Å²) in [5.41, 5.74) is 4.50. The second-order valence-corrected chi connectivity index (χ2v) is 6.52. The molecule has 0 aliphatic carbocycles. The van der Waals surface area contributed by atoms with Crippen molar-refractivity contribution in [2.45, 2.75) is 0 Å². The van der Waals surface area contributed by atoms with Gasteiger partial charge in [0.15, 0.2) is 0 Å². The number of nitrogens with one attached hydrogen (secondary N) is 4. The third kappa shape index (κ3) is 11.1. The molecule has 0 unspecified atom stereocenters. The van der Waals surface area contributed by atoms with E-state index in [0.717, 1.165) is 36.1 Å². The van der Waals surface area contributed by atoms with Crippen LogP contribution in [0.15, 0.2) is 121 Å². The van der Waals surface area contributed by atoms with Gasteiger partial charge >= 0.3 is 29.6 Å². The van der Waals surface area contributed by atoms with Crippen molar-refractivity contribution in [3.8, 4) is 0 Å². The molecular weight excluding hydrogens is 427 g/mol. The third-order valence-electron chi connectivity index (χ3n) is 4.27. The zero-order valence-electron chi connectivity index (χ0n) is 18.3. The summed E-state index contributed by atoms with van der Waals surface area (Å²) in [7, 11) is 0. The molecule has 0 aliphatic rings. The summed E-state index contributed by atoms with van der Waals surface area (Å²) in [4.78, 5) is 0. The zero-order chi connectivity index (χ0) is 20.7. The Morgan fingerprint density at radius 2 is 0.531 bits per heavy atom. The van der Waals surface area contributed by atoms with E-state index in [1.54, 1.807) is 0 Å². The van der Waals surface area contributed by atoms with Gasteiger partial charge in [-0.1, -0.05) is 72.8 Å². The van der Waals surface area contributed by atoms with E-state index in [-0.39, 0.29) is 42.0 Å². The van der Waals surface area contributed by atoms with E-state index >= 15 is 0 Å². The van der Waals surface area contributed by atoms with Crippen LogP contribution in [0.5, 0.6) is 0 Å². The van der Waals surface area contributed by atoms with E-state index in [1.807, 2.05) is 121 Å². The van der Waals surface area contributed by atoms with E-state index in [9.17, 15) is 0 Å². The minimum atomic E-state index is 0. The minimum absolute atomic E-state index is 0. The van der Waals surface area contributed by atoms with Crippen molar-refractivity contribution in [1.82, 2.24) is 0 Å². The molecule has 0 radical (unpaired) electrons. The molecule has 0 spiro atoms. The number of rotatable bonds is 8. The van der Waals surface area contributed by atoms with Gasteiger partial charge in [0.05, 0.1) is 13.3 Å². The molecule has 32 heavy (non-hydrogen) atoms. The average Bonchev–Trinajstić information content (AvgIpc) is 2.82. The number of hydrogen-bond donors (Lipinski definition) is 4. The molecule has 4 N–H and O–H groups in total. The first-order valence-electron chi connectivity index (χ1n) is 10.1. The van der Waals surface area contributed by atoms with Gasteiger partial charge in [-0.05, 0) is 48.5 Å². The zero-order valence-corrected chi connectivity index (χ0v) is 21.1. The molecule has 0 aromatic heterocycles. The molecule has 0 aliphatic heterocycles. The van der Waals surface area contributed by atoms with Crippen LogP contribution in [0.4, 0.5) is 22.7 Å². The maximum atomic E-state index is 3.28. The van der Waals surface area contributed by atoms with Crippen molar-refractivity contribution < 1.29 is 42.0 Å². The van der Waals surface area contributed by atoms with Gasteiger partial charge in [-0.15, -0.1) is 0 Å². The Hall–Kier alpha value is -2.63. The van der Waals surface area contributed by atoms with Gasteiger partial charge in [0.2, 0.25) is 0 Å². The molecule has 4 rings (SSSR count). The molecule has 0 saturated heterocycles. The van der Waals surface area contributed by atoms with Crippen LogP contribution in [0.1, 0.15) is 0 Å².